The van der Waals surface area contributed by atoms with Crippen LogP contribution in [0.1, 0.15) is 48.7 Å². The van der Waals surface area contributed by atoms with Gasteiger partial charge in [0.25, 0.3) is 0 Å². The molecule has 0 radical (unpaired) electrons. The first kappa shape index (κ1) is 20.3. The first-order valence-corrected chi connectivity index (χ1v) is 9.72. The molecule has 0 saturated carbocycles. The molecule has 6 nitrogen and oxygen atoms in total. The van der Waals surface area contributed by atoms with Gasteiger partial charge in [0.2, 0.25) is 11.8 Å². The molecule has 1 aliphatic rings. The second-order valence-corrected chi connectivity index (χ2v) is 8.12. The predicted molar refractivity (Wildman–Crippen MR) is 109 cm³/mol. The molecule has 6 heteroatoms. The van der Waals surface area contributed by atoms with Gasteiger partial charge in [-0.1, -0.05) is 6.07 Å². The van der Waals surface area contributed by atoms with Crippen molar-refractivity contribution in [2.45, 2.75) is 45.8 Å². The Morgan fingerprint density at radius 1 is 1.21 bits per heavy atom. The van der Waals surface area contributed by atoms with Gasteiger partial charge in [-0.15, -0.1) is 0 Å². The molecule has 3 rings (SSSR count). The molecule has 1 aromatic heterocycles. The molecule has 2 N–H and O–H groups in total. The monoisotopic (exact) mass is 383 g/mol. The number of fused-ring (bicyclic) bond motifs is 1. The molecule has 150 valence electrons. The van der Waals surface area contributed by atoms with Crippen LogP contribution in [0.4, 0.5) is 0 Å². The SMILES string of the molecule is CC(C)(C)OCCN1CCCc2cc(Oc3ccc(C(N)=O)cn3)ccc2C1. The van der Waals surface area contributed by atoms with E-state index in [1.165, 1.54) is 17.3 Å². The fraction of sp³-hybridized carbons (Fsp3) is 0.455. The number of nitrogens with two attached hydrogens (primary N) is 1. The van der Waals surface area contributed by atoms with Crippen molar-refractivity contribution in [3.63, 3.8) is 0 Å². The smallest absolute Gasteiger partial charge is 0.250 e. The van der Waals surface area contributed by atoms with Crippen molar-refractivity contribution >= 4 is 5.91 Å². The van der Waals surface area contributed by atoms with Gasteiger partial charge in [-0.3, -0.25) is 9.69 Å². The maximum absolute atomic E-state index is 11.1. The van der Waals surface area contributed by atoms with Crippen molar-refractivity contribution in [3.05, 3.63) is 53.2 Å². The minimum Gasteiger partial charge on any atom is -0.439 e. The number of nitrogens with zero attached hydrogens (tertiary/aromatic N) is 2. The lowest BCUT2D eigenvalue weighted by Gasteiger charge is -2.24. The standard InChI is InChI=1S/C22H29N3O3/c1-22(2,3)27-12-11-25-10-4-5-16-13-19(8-6-18(16)15-25)28-20-9-7-17(14-24-20)21(23)26/h6-9,13-14H,4-5,10-12,15H2,1-3H3,(H2,23,26). The number of carbonyl (C=O) groups is 1. The van der Waals surface area contributed by atoms with Gasteiger partial charge in [0.15, 0.2) is 0 Å². The molecule has 0 spiro atoms. The summed E-state index contributed by atoms with van der Waals surface area (Å²) >= 11 is 0. The van der Waals surface area contributed by atoms with Crippen LogP contribution in [-0.4, -0.2) is 41.1 Å². The minimum absolute atomic E-state index is 0.0975. The van der Waals surface area contributed by atoms with Crippen LogP contribution in [-0.2, 0) is 17.7 Å². The average molecular weight is 383 g/mol. The molecule has 1 aromatic carbocycles. The van der Waals surface area contributed by atoms with E-state index in [4.69, 9.17) is 15.2 Å². The van der Waals surface area contributed by atoms with Crippen molar-refractivity contribution in [1.82, 2.24) is 9.88 Å². The van der Waals surface area contributed by atoms with E-state index >= 15 is 0 Å². The lowest BCUT2D eigenvalue weighted by Crippen LogP contribution is -2.30. The highest BCUT2D eigenvalue weighted by Crippen LogP contribution is 2.26. The molecule has 0 aliphatic carbocycles. The zero-order valence-corrected chi connectivity index (χ0v) is 16.9. The number of ether oxygens (including phenoxy) is 2. The van der Waals surface area contributed by atoms with Crippen molar-refractivity contribution in [1.29, 1.82) is 0 Å². The Balaban J connectivity index is 1.63. The van der Waals surface area contributed by atoms with Crippen molar-refractivity contribution < 1.29 is 14.3 Å². The maximum Gasteiger partial charge on any atom is 0.250 e. The van der Waals surface area contributed by atoms with Crippen LogP contribution in [0.5, 0.6) is 11.6 Å². The highest BCUT2D eigenvalue weighted by Gasteiger charge is 2.17. The van der Waals surface area contributed by atoms with Gasteiger partial charge in [-0.25, -0.2) is 4.98 Å². The number of rotatable bonds is 6. The summed E-state index contributed by atoms with van der Waals surface area (Å²) in [5.74, 6) is 0.698. The first-order chi connectivity index (χ1) is 13.3. The number of hydrogen-bond acceptors (Lipinski definition) is 5. The molecule has 28 heavy (non-hydrogen) atoms. The van der Waals surface area contributed by atoms with Gasteiger partial charge in [0.05, 0.1) is 17.8 Å². The third kappa shape index (κ3) is 5.78. The molecule has 0 saturated heterocycles. The molecule has 0 fully saturated rings. The summed E-state index contributed by atoms with van der Waals surface area (Å²) in [4.78, 5) is 17.7. The number of amides is 1. The van der Waals surface area contributed by atoms with E-state index in [1.807, 2.05) is 6.07 Å². The number of pyridine rings is 1. The second-order valence-electron chi connectivity index (χ2n) is 8.12. The Labute approximate surface area is 166 Å². The maximum atomic E-state index is 11.1. The highest BCUT2D eigenvalue weighted by atomic mass is 16.5. The largest absolute Gasteiger partial charge is 0.439 e. The fourth-order valence-electron chi connectivity index (χ4n) is 3.24. The lowest BCUT2D eigenvalue weighted by molar-refractivity contribution is -0.0137. The molecule has 0 unspecified atom stereocenters. The van der Waals surface area contributed by atoms with E-state index in [9.17, 15) is 4.79 Å². The normalized spacial score (nSPS) is 15.0. The summed E-state index contributed by atoms with van der Waals surface area (Å²) in [6, 6.07) is 9.46. The number of primary amides is 1. The zero-order valence-electron chi connectivity index (χ0n) is 16.9. The molecular formula is C22H29N3O3. The second kappa shape index (κ2) is 8.71. The summed E-state index contributed by atoms with van der Waals surface area (Å²) in [6.07, 6.45) is 3.56. The van der Waals surface area contributed by atoms with Gasteiger partial charge in [-0.05, 0) is 69.5 Å². The number of benzene rings is 1. The van der Waals surface area contributed by atoms with Crippen LogP contribution in [0.2, 0.25) is 0 Å². The Kier molecular flexibility index (Phi) is 6.31. The fourth-order valence-corrected chi connectivity index (χ4v) is 3.24. The summed E-state index contributed by atoms with van der Waals surface area (Å²) in [7, 11) is 0. The Morgan fingerprint density at radius 2 is 2.04 bits per heavy atom. The minimum atomic E-state index is -0.499. The Morgan fingerprint density at radius 3 is 2.71 bits per heavy atom. The summed E-state index contributed by atoms with van der Waals surface area (Å²) in [5.41, 5.74) is 8.15. The van der Waals surface area contributed by atoms with Gasteiger partial charge in [0, 0.05) is 25.4 Å². The summed E-state index contributed by atoms with van der Waals surface area (Å²) in [6.45, 7) is 9.93. The zero-order chi connectivity index (χ0) is 20.1. The van der Waals surface area contributed by atoms with E-state index in [1.54, 1.807) is 12.1 Å². The molecule has 1 aliphatic heterocycles. The van der Waals surface area contributed by atoms with Crippen molar-refractivity contribution in [3.8, 4) is 11.6 Å². The lowest BCUT2D eigenvalue weighted by atomic mass is 10.0. The van der Waals surface area contributed by atoms with E-state index in [-0.39, 0.29) is 5.60 Å². The van der Waals surface area contributed by atoms with E-state index < -0.39 is 5.91 Å². The van der Waals surface area contributed by atoms with Crippen LogP contribution in [0.3, 0.4) is 0 Å². The average Bonchev–Trinajstić information content (AvgIpc) is 2.82. The molecule has 1 amide bonds. The van der Waals surface area contributed by atoms with Crippen molar-refractivity contribution in [2.75, 3.05) is 19.7 Å². The van der Waals surface area contributed by atoms with Gasteiger partial charge >= 0.3 is 0 Å². The van der Waals surface area contributed by atoms with Crippen molar-refractivity contribution in [2.24, 2.45) is 5.73 Å². The molecule has 0 atom stereocenters. The highest BCUT2D eigenvalue weighted by molar-refractivity contribution is 5.92. The predicted octanol–water partition coefficient (Wildman–Crippen LogP) is 3.54. The number of hydrogen-bond donors (Lipinski definition) is 1. The van der Waals surface area contributed by atoms with Crippen LogP contribution in [0, 0.1) is 0 Å². The van der Waals surface area contributed by atoms with Crippen LogP contribution in [0.15, 0.2) is 36.5 Å². The molecule has 0 bridgehead atoms. The van der Waals surface area contributed by atoms with E-state index in [0.29, 0.717) is 11.4 Å². The quantitative estimate of drug-likeness (QED) is 0.826. The number of aryl methyl sites for hydroxylation is 1. The van der Waals surface area contributed by atoms with E-state index in [0.717, 1.165) is 44.8 Å². The summed E-state index contributed by atoms with van der Waals surface area (Å²) < 4.78 is 11.7. The Bertz CT molecular complexity index is 813. The third-order valence-electron chi connectivity index (χ3n) is 4.68. The topological polar surface area (TPSA) is 77.7 Å². The molecule has 2 aromatic rings. The van der Waals surface area contributed by atoms with Crippen LogP contribution >= 0.6 is 0 Å². The van der Waals surface area contributed by atoms with E-state index in [2.05, 4.69) is 42.8 Å². The number of aromatic nitrogens is 1. The third-order valence-corrected chi connectivity index (χ3v) is 4.68. The first-order valence-electron chi connectivity index (χ1n) is 9.72. The van der Waals surface area contributed by atoms with Crippen LogP contribution < -0.4 is 10.5 Å². The number of carbonyl (C=O) groups excluding carboxylic acids is 1. The molecule has 2 heterocycles. The van der Waals surface area contributed by atoms with Gasteiger partial charge in [-0.2, -0.15) is 0 Å². The van der Waals surface area contributed by atoms with Crippen LogP contribution in [0.25, 0.3) is 0 Å². The van der Waals surface area contributed by atoms with Gasteiger partial charge < -0.3 is 15.2 Å². The summed E-state index contributed by atoms with van der Waals surface area (Å²) in [5, 5.41) is 0. The van der Waals surface area contributed by atoms with Gasteiger partial charge in [0.1, 0.15) is 5.75 Å². The Hall–Kier alpha value is -2.44. The molecular weight excluding hydrogens is 354 g/mol.